The van der Waals surface area contributed by atoms with Crippen LogP contribution in [0.25, 0.3) is 44.3 Å². The van der Waals surface area contributed by atoms with E-state index in [0.29, 0.717) is 0 Å². The van der Waals surface area contributed by atoms with Gasteiger partial charge in [0.25, 0.3) is 0 Å². The fourth-order valence-electron chi connectivity index (χ4n) is 3.41. The van der Waals surface area contributed by atoms with Gasteiger partial charge in [-0.3, -0.25) is 9.97 Å². The number of aromatic nitrogens is 4. The smallest absolute Gasteiger partial charge is 0.138 e. The monoisotopic (exact) mass is 336 g/mol. The van der Waals surface area contributed by atoms with Crippen LogP contribution in [0.4, 0.5) is 0 Å². The number of H-pyrrole nitrogens is 1. The lowest BCUT2D eigenvalue weighted by molar-refractivity contribution is 1.18. The summed E-state index contributed by atoms with van der Waals surface area (Å²) >= 11 is 0. The van der Waals surface area contributed by atoms with Gasteiger partial charge in [-0.2, -0.15) is 0 Å². The molecule has 0 radical (unpaired) electrons. The summed E-state index contributed by atoms with van der Waals surface area (Å²) < 4.78 is 0. The molecule has 0 amide bonds. The second-order valence-electron chi connectivity index (χ2n) is 6.37. The number of hydrogen-bond acceptors (Lipinski definition) is 3. The van der Waals surface area contributed by atoms with Crippen molar-refractivity contribution >= 4 is 21.8 Å². The Kier molecular flexibility index (Phi) is 3.28. The van der Waals surface area contributed by atoms with Crippen LogP contribution >= 0.6 is 0 Å². The number of aryl methyl sites for hydroxylation is 1. The third-order valence-corrected chi connectivity index (χ3v) is 4.64. The fourth-order valence-corrected chi connectivity index (χ4v) is 3.41. The van der Waals surface area contributed by atoms with Gasteiger partial charge in [-0.05, 0) is 42.1 Å². The number of hydrogen-bond donors (Lipinski definition) is 1. The molecular weight excluding hydrogens is 320 g/mol. The summed E-state index contributed by atoms with van der Waals surface area (Å²) in [6.07, 6.45) is 5.75. The molecule has 26 heavy (non-hydrogen) atoms. The van der Waals surface area contributed by atoms with Crippen molar-refractivity contribution in [1.29, 1.82) is 0 Å². The van der Waals surface area contributed by atoms with Gasteiger partial charge in [0.05, 0.1) is 11.4 Å². The third kappa shape index (κ3) is 2.35. The van der Waals surface area contributed by atoms with Gasteiger partial charge in [0.1, 0.15) is 5.65 Å². The van der Waals surface area contributed by atoms with E-state index in [1.54, 1.807) is 0 Å². The van der Waals surface area contributed by atoms with E-state index in [1.165, 1.54) is 5.39 Å². The van der Waals surface area contributed by atoms with Crippen LogP contribution in [0.3, 0.4) is 0 Å². The van der Waals surface area contributed by atoms with Gasteiger partial charge >= 0.3 is 0 Å². The predicted octanol–water partition coefficient (Wildman–Crippen LogP) is 5.15. The number of nitrogens with one attached hydrogen (secondary N) is 1. The minimum atomic E-state index is 0.853. The predicted molar refractivity (Wildman–Crippen MR) is 105 cm³/mol. The molecule has 5 aromatic rings. The second-order valence-corrected chi connectivity index (χ2v) is 6.37. The molecule has 0 bridgehead atoms. The highest BCUT2D eigenvalue weighted by atomic mass is 14.9. The Morgan fingerprint density at radius 2 is 1.69 bits per heavy atom. The van der Waals surface area contributed by atoms with Gasteiger partial charge in [-0.1, -0.05) is 30.3 Å². The largest absolute Gasteiger partial charge is 0.346 e. The second kappa shape index (κ2) is 5.77. The molecule has 0 aliphatic rings. The van der Waals surface area contributed by atoms with E-state index in [9.17, 15) is 0 Å². The van der Waals surface area contributed by atoms with E-state index in [4.69, 9.17) is 4.98 Å². The average Bonchev–Trinajstić information content (AvgIpc) is 3.15. The molecule has 0 saturated carbocycles. The molecule has 0 atom stereocenters. The maximum atomic E-state index is 4.77. The molecule has 0 aliphatic heterocycles. The van der Waals surface area contributed by atoms with Crippen molar-refractivity contribution < 1.29 is 0 Å². The summed E-state index contributed by atoms with van der Waals surface area (Å²) in [4.78, 5) is 17.1. The van der Waals surface area contributed by atoms with Crippen LogP contribution < -0.4 is 0 Å². The standard InChI is InChI=1S/C22H16N4/c1-14-5-4-8-20(25-14)21-11-18(17-9-10-24-22(17)26-21)19-13-23-12-15-6-2-3-7-16(15)19/h2-13H,1H3,(H,24,26). The first-order valence-electron chi connectivity index (χ1n) is 8.55. The normalized spacial score (nSPS) is 11.3. The Bertz CT molecular complexity index is 1250. The van der Waals surface area contributed by atoms with E-state index < -0.39 is 0 Å². The summed E-state index contributed by atoms with van der Waals surface area (Å²) in [5.41, 5.74) is 5.77. The van der Waals surface area contributed by atoms with Crippen LogP contribution in [0.1, 0.15) is 5.69 Å². The highest BCUT2D eigenvalue weighted by molar-refractivity contribution is 6.04. The number of pyridine rings is 3. The fraction of sp³-hybridized carbons (Fsp3) is 0.0455. The molecule has 1 N–H and O–H groups in total. The molecule has 0 saturated heterocycles. The zero-order chi connectivity index (χ0) is 17.5. The molecule has 5 rings (SSSR count). The quantitative estimate of drug-likeness (QED) is 0.485. The molecule has 4 heterocycles. The number of nitrogens with zero attached hydrogens (tertiary/aromatic N) is 3. The number of aromatic amines is 1. The molecule has 0 aliphatic carbocycles. The Hall–Kier alpha value is -3.53. The van der Waals surface area contributed by atoms with Crippen LogP contribution in [-0.2, 0) is 0 Å². The highest BCUT2D eigenvalue weighted by Gasteiger charge is 2.13. The molecule has 0 spiro atoms. The number of benzene rings is 1. The SMILES string of the molecule is Cc1cccc(-c2cc(-c3cncc4ccccc34)c3cc[nH]c3n2)n1. The summed E-state index contributed by atoms with van der Waals surface area (Å²) in [7, 11) is 0. The topological polar surface area (TPSA) is 54.5 Å². The minimum absolute atomic E-state index is 0.853. The summed E-state index contributed by atoms with van der Waals surface area (Å²) in [5, 5.41) is 3.39. The molecule has 1 aromatic carbocycles. The van der Waals surface area contributed by atoms with E-state index in [0.717, 1.165) is 44.6 Å². The van der Waals surface area contributed by atoms with Gasteiger partial charge in [0.2, 0.25) is 0 Å². The van der Waals surface area contributed by atoms with Crippen molar-refractivity contribution in [2.24, 2.45) is 0 Å². The van der Waals surface area contributed by atoms with Crippen molar-refractivity contribution in [3.05, 3.63) is 78.9 Å². The van der Waals surface area contributed by atoms with Crippen LogP contribution in [0.15, 0.2) is 73.2 Å². The lowest BCUT2D eigenvalue weighted by atomic mass is 9.98. The Morgan fingerprint density at radius 3 is 2.62 bits per heavy atom. The first-order valence-corrected chi connectivity index (χ1v) is 8.55. The average molecular weight is 336 g/mol. The number of fused-ring (bicyclic) bond motifs is 2. The highest BCUT2D eigenvalue weighted by Crippen LogP contribution is 2.34. The first-order chi connectivity index (χ1) is 12.8. The Morgan fingerprint density at radius 1 is 0.769 bits per heavy atom. The summed E-state index contributed by atoms with van der Waals surface area (Å²) in [6.45, 7) is 1.99. The lowest BCUT2D eigenvalue weighted by Crippen LogP contribution is -1.93. The van der Waals surface area contributed by atoms with Gasteiger partial charge in [0.15, 0.2) is 0 Å². The lowest BCUT2D eigenvalue weighted by Gasteiger charge is -2.10. The van der Waals surface area contributed by atoms with Crippen LogP contribution in [0, 0.1) is 6.92 Å². The van der Waals surface area contributed by atoms with Crippen molar-refractivity contribution in [2.75, 3.05) is 0 Å². The maximum Gasteiger partial charge on any atom is 0.138 e. The molecule has 4 aromatic heterocycles. The molecule has 4 nitrogen and oxygen atoms in total. The van der Waals surface area contributed by atoms with Crippen LogP contribution in [-0.4, -0.2) is 19.9 Å². The Balaban J connectivity index is 1.83. The third-order valence-electron chi connectivity index (χ3n) is 4.64. The van der Waals surface area contributed by atoms with Gasteiger partial charge in [-0.15, -0.1) is 0 Å². The van der Waals surface area contributed by atoms with Crippen LogP contribution in [0.5, 0.6) is 0 Å². The van der Waals surface area contributed by atoms with E-state index >= 15 is 0 Å². The van der Waals surface area contributed by atoms with Crippen molar-refractivity contribution in [3.8, 4) is 22.5 Å². The van der Waals surface area contributed by atoms with Crippen molar-refractivity contribution in [1.82, 2.24) is 19.9 Å². The first kappa shape index (κ1) is 14.8. The minimum Gasteiger partial charge on any atom is -0.346 e. The maximum absolute atomic E-state index is 4.77. The zero-order valence-corrected chi connectivity index (χ0v) is 14.3. The summed E-state index contributed by atoms with van der Waals surface area (Å²) in [5.74, 6) is 0. The van der Waals surface area contributed by atoms with Crippen molar-refractivity contribution in [3.63, 3.8) is 0 Å². The number of rotatable bonds is 2. The Labute approximate surface area is 150 Å². The van der Waals surface area contributed by atoms with Crippen molar-refractivity contribution in [2.45, 2.75) is 6.92 Å². The van der Waals surface area contributed by atoms with Gasteiger partial charge in [0, 0.05) is 40.6 Å². The summed E-state index contributed by atoms with van der Waals surface area (Å²) in [6, 6.07) is 18.5. The van der Waals surface area contributed by atoms with E-state index in [2.05, 4.69) is 45.3 Å². The molecule has 124 valence electrons. The molecule has 4 heteroatoms. The molecule has 0 fully saturated rings. The van der Waals surface area contributed by atoms with Gasteiger partial charge < -0.3 is 4.98 Å². The van der Waals surface area contributed by atoms with Crippen LogP contribution in [0.2, 0.25) is 0 Å². The molecular formula is C22H16N4. The molecule has 0 unspecified atom stereocenters. The van der Waals surface area contributed by atoms with Gasteiger partial charge in [-0.25, -0.2) is 4.98 Å². The van der Waals surface area contributed by atoms with E-state index in [1.807, 2.05) is 49.8 Å². The zero-order valence-electron chi connectivity index (χ0n) is 14.3. The van der Waals surface area contributed by atoms with E-state index in [-0.39, 0.29) is 0 Å².